The van der Waals surface area contributed by atoms with Gasteiger partial charge in [0.05, 0.1) is 6.61 Å². The second-order valence-corrected chi connectivity index (χ2v) is 6.49. The molecule has 1 amide bonds. The number of carbonyl (C=O) groups is 2. The van der Waals surface area contributed by atoms with Crippen LogP contribution in [0.25, 0.3) is 0 Å². The number of ketones is 1. The second-order valence-electron chi connectivity index (χ2n) is 6.49. The quantitative estimate of drug-likeness (QED) is 0.545. The predicted octanol–water partition coefficient (Wildman–Crippen LogP) is 3.10. The maximum atomic E-state index is 12.1. The van der Waals surface area contributed by atoms with Gasteiger partial charge in [-0.15, -0.1) is 12.4 Å². The van der Waals surface area contributed by atoms with Crippen LogP contribution >= 0.6 is 12.4 Å². The van der Waals surface area contributed by atoms with Gasteiger partial charge in [0.15, 0.2) is 5.78 Å². The Hall–Kier alpha value is -1.59. The van der Waals surface area contributed by atoms with Crippen molar-refractivity contribution < 1.29 is 14.3 Å². The number of nitrogens with one attached hydrogen (secondary N) is 1. The molecule has 0 saturated heterocycles. The summed E-state index contributed by atoms with van der Waals surface area (Å²) >= 11 is 0. The molecule has 0 spiro atoms. The summed E-state index contributed by atoms with van der Waals surface area (Å²) in [7, 11) is 0. The average Bonchev–Trinajstić information content (AvgIpc) is 2.59. The Bertz CT molecular complexity index is 565. The average molecular weight is 369 g/mol. The van der Waals surface area contributed by atoms with Crippen LogP contribution in [0, 0.1) is 5.92 Å². The van der Waals surface area contributed by atoms with Crippen molar-refractivity contribution in [1.82, 2.24) is 5.32 Å². The molecule has 0 aliphatic heterocycles. The highest BCUT2D eigenvalue weighted by molar-refractivity contribution is 5.94. The molecule has 0 aromatic heterocycles. The van der Waals surface area contributed by atoms with Crippen LogP contribution in [0.15, 0.2) is 24.3 Å². The van der Waals surface area contributed by atoms with E-state index >= 15 is 0 Å². The van der Waals surface area contributed by atoms with Crippen molar-refractivity contribution >= 4 is 24.1 Å². The van der Waals surface area contributed by atoms with Gasteiger partial charge in [-0.25, -0.2) is 0 Å². The molecule has 25 heavy (non-hydrogen) atoms. The molecule has 0 bridgehead atoms. The van der Waals surface area contributed by atoms with E-state index in [0.29, 0.717) is 43.2 Å². The van der Waals surface area contributed by atoms with E-state index in [0.717, 1.165) is 19.3 Å². The summed E-state index contributed by atoms with van der Waals surface area (Å²) in [4.78, 5) is 23.4. The molecule has 0 radical (unpaired) electrons. The lowest BCUT2D eigenvalue weighted by molar-refractivity contribution is -0.122. The first-order chi connectivity index (χ1) is 11.6. The van der Waals surface area contributed by atoms with E-state index in [2.05, 4.69) is 5.32 Å². The van der Waals surface area contributed by atoms with Crippen LogP contribution in [-0.2, 0) is 4.79 Å². The highest BCUT2D eigenvalue weighted by Gasteiger charge is 2.24. The Balaban J connectivity index is 0.00000312. The zero-order chi connectivity index (χ0) is 17.4. The standard InChI is InChI=1S/C19H28N2O3.ClH/c1-14(22)15-7-4-8-17(12-15)24-11-5-10-19(23)21-18-9-3-2-6-16(18)13-20;/h4,7-8,12,16,18H,2-3,5-6,9-11,13,20H2,1H3,(H,21,23);1H. The van der Waals surface area contributed by atoms with E-state index in [-0.39, 0.29) is 30.1 Å². The molecule has 1 aliphatic carbocycles. The van der Waals surface area contributed by atoms with E-state index in [1.807, 2.05) is 6.07 Å². The molecule has 0 heterocycles. The van der Waals surface area contributed by atoms with Crippen molar-refractivity contribution in [3.63, 3.8) is 0 Å². The molecule has 5 nitrogen and oxygen atoms in total. The number of hydrogen-bond acceptors (Lipinski definition) is 4. The van der Waals surface area contributed by atoms with Crippen LogP contribution in [0.3, 0.4) is 0 Å². The minimum atomic E-state index is 0. The molecular weight excluding hydrogens is 340 g/mol. The third-order valence-corrected chi connectivity index (χ3v) is 4.62. The highest BCUT2D eigenvalue weighted by atomic mass is 35.5. The zero-order valence-electron chi connectivity index (χ0n) is 14.8. The number of carbonyl (C=O) groups excluding carboxylic acids is 2. The second kappa shape index (κ2) is 11.1. The van der Waals surface area contributed by atoms with Crippen LogP contribution in [-0.4, -0.2) is 30.9 Å². The summed E-state index contributed by atoms with van der Waals surface area (Å²) in [6, 6.07) is 7.34. The monoisotopic (exact) mass is 368 g/mol. The predicted molar refractivity (Wildman–Crippen MR) is 101 cm³/mol. The Morgan fingerprint density at radius 2 is 2.04 bits per heavy atom. The van der Waals surface area contributed by atoms with Crippen LogP contribution in [0.4, 0.5) is 0 Å². The molecule has 2 rings (SSSR count). The van der Waals surface area contributed by atoms with E-state index in [9.17, 15) is 9.59 Å². The van der Waals surface area contributed by atoms with Gasteiger partial charge in [0, 0.05) is 18.0 Å². The zero-order valence-corrected chi connectivity index (χ0v) is 15.6. The van der Waals surface area contributed by atoms with Crippen molar-refractivity contribution in [2.24, 2.45) is 11.7 Å². The largest absolute Gasteiger partial charge is 0.494 e. The molecule has 1 fully saturated rings. The molecule has 6 heteroatoms. The number of rotatable bonds is 8. The molecule has 3 N–H and O–H groups in total. The first kappa shape index (κ1) is 21.5. The molecule has 2 atom stereocenters. The molecule has 2 unspecified atom stereocenters. The van der Waals surface area contributed by atoms with Crippen molar-refractivity contribution in [2.75, 3.05) is 13.2 Å². The fraction of sp³-hybridized carbons (Fsp3) is 0.579. The molecule has 1 aliphatic rings. The highest BCUT2D eigenvalue weighted by Crippen LogP contribution is 2.23. The number of hydrogen-bond donors (Lipinski definition) is 2. The third-order valence-electron chi connectivity index (χ3n) is 4.62. The van der Waals surface area contributed by atoms with E-state index < -0.39 is 0 Å². The van der Waals surface area contributed by atoms with Gasteiger partial charge in [-0.1, -0.05) is 25.0 Å². The minimum Gasteiger partial charge on any atom is -0.494 e. The summed E-state index contributed by atoms with van der Waals surface area (Å²) in [5.74, 6) is 1.16. The van der Waals surface area contributed by atoms with E-state index in [1.54, 1.807) is 18.2 Å². The van der Waals surface area contributed by atoms with Gasteiger partial charge in [-0.05, 0) is 50.8 Å². The lowest BCUT2D eigenvalue weighted by atomic mass is 9.84. The number of benzene rings is 1. The van der Waals surface area contributed by atoms with Gasteiger partial charge in [-0.2, -0.15) is 0 Å². The van der Waals surface area contributed by atoms with E-state index in [1.165, 1.54) is 13.3 Å². The number of halogens is 1. The summed E-state index contributed by atoms with van der Waals surface area (Å²) in [5, 5.41) is 3.12. The normalized spacial score (nSPS) is 19.6. The van der Waals surface area contributed by atoms with Crippen molar-refractivity contribution in [3.8, 4) is 5.75 Å². The van der Waals surface area contributed by atoms with Crippen LogP contribution in [0.5, 0.6) is 5.75 Å². The Morgan fingerprint density at radius 3 is 2.76 bits per heavy atom. The van der Waals surface area contributed by atoms with Crippen LogP contribution < -0.4 is 15.8 Å². The van der Waals surface area contributed by atoms with Crippen LogP contribution in [0.2, 0.25) is 0 Å². The van der Waals surface area contributed by atoms with Gasteiger partial charge < -0.3 is 15.8 Å². The third kappa shape index (κ3) is 7.04. The minimum absolute atomic E-state index is 0. The summed E-state index contributed by atoms with van der Waals surface area (Å²) in [6.07, 6.45) is 5.60. The molecule has 1 aromatic carbocycles. The summed E-state index contributed by atoms with van der Waals surface area (Å²) in [6.45, 7) is 2.63. The maximum absolute atomic E-state index is 12.1. The first-order valence-corrected chi connectivity index (χ1v) is 8.83. The molecule has 1 saturated carbocycles. The van der Waals surface area contributed by atoms with Gasteiger partial charge in [0.1, 0.15) is 5.75 Å². The SMILES string of the molecule is CC(=O)c1cccc(OCCCC(=O)NC2CCCCC2CN)c1.Cl. The number of amides is 1. The lowest BCUT2D eigenvalue weighted by Gasteiger charge is -2.31. The lowest BCUT2D eigenvalue weighted by Crippen LogP contribution is -2.44. The molecular formula is C19H29ClN2O3. The van der Waals surface area contributed by atoms with Crippen LogP contribution in [0.1, 0.15) is 55.8 Å². The Labute approximate surface area is 156 Å². The topological polar surface area (TPSA) is 81.4 Å². The summed E-state index contributed by atoms with van der Waals surface area (Å²) < 4.78 is 5.63. The number of Topliss-reactive ketones (excluding diaryl/α,β-unsaturated/α-hetero) is 1. The number of nitrogens with two attached hydrogens (primary N) is 1. The fourth-order valence-electron chi connectivity index (χ4n) is 3.19. The van der Waals surface area contributed by atoms with Gasteiger partial charge in [0.2, 0.25) is 5.91 Å². The maximum Gasteiger partial charge on any atom is 0.220 e. The van der Waals surface area contributed by atoms with Gasteiger partial charge in [-0.3, -0.25) is 9.59 Å². The molecule has 1 aromatic rings. The van der Waals surface area contributed by atoms with Crippen molar-refractivity contribution in [2.45, 2.75) is 51.5 Å². The van der Waals surface area contributed by atoms with Crippen molar-refractivity contribution in [1.29, 1.82) is 0 Å². The first-order valence-electron chi connectivity index (χ1n) is 8.83. The van der Waals surface area contributed by atoms with Crippen molar-refractivity contribution in [3.05, 3.63) is 29.8 Å². The summed E-state index contributed by atoms with van der Waals surface area (Å²) in [5.41, 5.74) is 6.43. The fourth-order valence-corrected chi connectivity index (χ4v) is 3.19. The van der Waals surface area contributed by atoms with E-state index in [4.69, 9.17) is 10.5 Å². The number of ether oxygens (including phenoxy) is 1. The van der Waals surface area contributed by atoms with Gasteiger partial charge in [0.25, 0.3) is 0 Å². The van der Waals surface area contributed by atoms with Gasteiger partial charge >= 0.3 is 0 Å². The smallest absolute Gasteiger partial charge is 0.220 e. The molecule has 140 valence electrons. The Morgan fingerprint density at radius 1 is 1.28 bits per heavy atom. The Kier molecular flexibility index (Phi) is 9.53.